The molecule has 0 aliphatic heterocycles. The molecule has 0 saturated heterocycles. The Bertz CT molecular complexity index is 620. The zero-order chi connectivity index (χ0) is 18.8. The van der Waals surface area contributed by atoms with Gasteiger partial charge in [-0.25, -0.2) is 5.43 Å². The van der Waals surface area contributed by atoms with Gasteiger partial charge in [-0.2, -0.15) is 35.8 Å². The molecule has 0 bridgehead atoms. The molecule has 0 atom stereocenters. The van der Waals surface area contributed by atoms with Crippen molar-refractivity contribution in [2.24, 2.45) is 5.10 Å². The number of alkyl halides is 7. The van der Waals surface area contributed by atoms with Crippen LogP contribution in [-0.2, 0) is 0 Å². The summed E-state index contributed by atoms with van der Waals surface area (Å²) in [5.41, 5.74) is 0.471. The number of nitrogens with zero attached hydrogens (tertiary/aromatic N) is 1. The summed E-state index contributed by atoms with van der Waals surface area (Å²) < 4.78 is 92.3. The molecule has 12 heteroatoms. The van der Waals surface area contributed by atoms with Crippen LogP contribution in [0.15, 0.2) is 21.7 Å². The fraction of sp³-hybridized carbons (Fsp3) is 0.417. The molecule has 0 aliphatic carbocycles. The van der Waals surface area contributed by atoms with Crippen molar-refractivity contribution in [3.05, 3.63) is 22.2 Å². The lowest BCUT2D eigenvalue weighted by Gasteiger charge is -2.27. The highest BCUT2D eigenvalue weighted by molar-refractivity contribution is 9.10. The average molecular weight is 427 g/mol. The number of hydrogen-bond acceptors (Lipinski definition) is 4. The summed E-state index contributed by atoms with van der Waals surface area (Å²) in [6.45, 7) is 1.75. The van der Waals surface area contributed by atoms with Crippen LogP contribution >= 0.6 is 15.9 Å². The summed E-state index contributed by atoms with van der Waals surface area (Å²) in [5.74, 6) is -6.68. The Morgan fingerprint density at radius 1 is 1.21 bits per heavy atom. The fourth-order valence-electron chi connectivity index (χ4n) is 1.36. The number of benzene rings is 1. The van der Waals surface area contributed by atoms with Crippen LogP contribution in [0.4, 0.5) is 30.7 Å². The van der Waals surface area contributed by atoms with Gasteiger partial charge in [-0.3, -0.25) is 0 Å². The van der Waals surface area contributed by atoms with Gasteiger partial charge in [0.25, 0.3) is 0 Å². The van der Waals surface area contributed by atoms with E-state index in [9.17, 15) is 35.8 Å². The second kappa shape index (κ2) is 7.03. The van der Waals surface area contributed by atoms with Gasteiger partial charge in [0, 0.05) is 10.0 Å². The van der Waals surface area contributed by atoms with Crippen LogP contribution < -0.4 is 10.2 Å². The number of nitrogens with one attached hydrogen (secondary N) is 1. The van der Waals surface area contributed by atoms with E-state index in [2.05, 4.69) is 21.0 Å². The Kier molecular flexibility index (Phi) is 5.95. The topological polar surface area (TPSA) is 53.8 Å². The van der Waals surface area contributed by atoms with Crippen molar-refractivity contribution in [1.82, 2.24) is 5.43 Å². The number of phenols is 1. The molecule has 0 spiro atoms. The molecule has 0 aliphatic rings. The maximum Gasteiger partial charge on any atom is 0.462 e. The zero-order valence-corrected chi connectivity index (χ0v) is 13.4. The third-order valence-electron chi connectivity index (χ3n) is 2.54. The van der Waals surface area contributed by atoms with E-state index in [0.29, 0.717) is 11.6 Å². The Labute approximate surface area is 139 Å². The maximum absolute atomic E-state index is 13.0. The normalized spacial score (nSPS) is 13.4. The number of halogens is 8. The fourth-order valence-corrected chi connectivity index (χ4v) is 1.79. The molecule has 0 amide bonds. The number of phenolic OH excluding ortho intramolecular Hbond substituents is 1. The highest BCUT2D eigenvalue weighted by atomic mass is 79.9. The van der Waals surface area contributed by atoms with E-state index >= 15 is 0 Å². The van der Waals surface area contributed by atoms with Crippen LogP contribution in [0.5, 0.6) is 11.5 Å². The van der Waals surface area contributed by atoms with Crippen molar-refractivity contribution >= 4 is 22.1 Å². The number of ether oxygens (including phenoxy) is 1. The molecule has 4 nitrogen and oxygen atoms in total. The molecule has 24 heavy (non-hydrogen) atoms. The first kappa shape index (κ1) is 20.3. The third-order valence-corrected chi connectivity index (χ3v) is 3.22. The Balaban J connectivity index is 3.00. The SMILES string of the molecule is CCOc1cc(/C=N/NC(F)(F)C(F)(F)C(F)(F)F)c(Br)cc1O. The first-order chi connectivity index (χ1) is 10.8. The molecular formula is C12H10BrF7N2O2. The molecule has 1 aromatic carbocycles. The van der Waals surface area contributed by atoms with Gasteiger partial charge < -0.3 is 9.84 Å². The van der Waals surface area contributed by atoms with Gasteiger partial charge in [0.2, 0.25) is 0 Å². The minimum Gasteiger partial charge on any atom is -0.504 e. The highest BCUT2D eigenvalue weighted by Crippen LogP contribution is 2.45. The van der Waals surface area contributed by atoms with E-state index in [1.54, 1.807) is 6.92 Å². The summed E-state index contributed by atoms with van der Waals surface area (Å²) in [6, 6.07) is -3.43. The van der Waals surface area contributed by atoms with Crippen molar-refractivity contribution < 1.29 is 40.6 Å². The molecule has 2 N–H and O–H groups in total. The van der Waals surface area contributed by atoms with E-state index in [0.717, 1.165) is 12.1 Å². The Morgan fingerprint density at radius 3 is 2.29 bits per heavy atom. The van der Waals surface area contributed by atoms with E-state index in [1.165, 1.54) is 0 Å². The molecule has 0 heterocycles. The van der Waals surface area contributed by atoms with Crippen LogP contribution in [0.25, 0.3) is 0 Å². The first-order valence-corrected chi connectivity index (χ1v) is 6.90. The summed E-state index contributed by atoms with van der Waals surface area (Å²) in [6.07, 6.45) is -5.90. The molecule has 136 valence electrons. The lowest BCUT2D eigenvalue weighted by molar-refractivity contribution is -0.361. The second-order valence-corrected chi connectivity index (χ2v) is 5.15. The molecular weight excluding hydrogens is 417 g/mol. The van der Waals surface area contributed by atoms with Crippen molar-refractivity contribution in [3.8, 4) is 11.5 Å². The highest BCUT2D eigenvalue weighted by Gasteiger charge is 2.73. The van der Waals surface area contributed by atoms with Crippen LogP contribution in [0.2, 0.25) is 0 Å². The smallest absolute Gasteiger partial charge is 0.462 e. The quantitative estimate of drug-likeness (QED) is 0.309. The molecule has 0 aromatic heterocycles. The Hall–Kier alpha value is -1.72. The molecule has 1 rings (SSSR count). The molecule has 1 aromatic rings. The minimum absolute atomic E-state index is 0.0186. The largest absolute Gasteiger partial charge is 0.504 e. The summed E-state index contributed by atoms with van der Waals surface area (Å²) >= 11 is 2.93. The molecule has 0 saturated carbocycles. The van der Waals surface area contributed by atoms with Crippen molar-refractivity contribution in [2.75, 3.05) is 6.61 Å². The van der Waals surface area contributed by atoms with Gasteiger partial charge in [-0.15, -0.1) is 0 Å². The second-order valence-electron chi connectivity index (χ2n) is 4.29. The maximum atomic E-state index is 13.0. The summed E-state index contributed by atoms with van der Waals surface area (Å²) in [4.78, 5) is 0. The van der Waals surface area contributed by atoms with Gasteiger partial charge in [0.15, 0.2) is 11.5 Å². The van der Waals surface area contributed by atoms with Gasteiger partial charge in [0.05, 0.1) is 12.8 Å². The van der Waals surface area contributed by atoms with E-state index in [-0.39, 0.29) is 28.1 Å². The molecule has 0 unspecified atom stereocenters. The van der Waals surface area contributed by atoms with E-state index < -0.39 is 18.1 Å². The van der Waals surface area contributed by atoms with Gasteiger partial charge in [-0.1, -0.05) is 0 Å². The van der Waals surface area contributed by atoms with E-state index in [1.807, 2.05) is 0 Å². The van der Waals surface area contributed by atoms with Gasteiger partial charge in [0.1, 0.15) is 0 Å². The van der Waals surface area contributed by atoms with Crippen molar-refractivity contribution in [1.29, 1.82) is 0 Å². The average Bonchev–Trinajstić information content (AvgIpc) is 2.42. The molecule has 0 fully saturated rings. The van der Waals surface area contributed by atoms with Crippen LogP contribution in [0.1, 0.15) is 12.5 Å². The van der Waals surface area contributed by atoms with Crippen LogP contribution in [0.3, 0.4) is 0 Å². The van der Waals surface area contributed by atoms with Crippen molar-refractivity contribution in [3.63, 3.8) is 0 Å². The predicted octanol–water partition coefficient (Wildman–Crippen LogP) is 4.27. The summed E-state index contributed by atoms with van der Waals surface area (Å²) in [7, 11) is 0. The summed E-state index contributed by atoms with van der Waals surface area (Å²) in [5, 5.41) is 12.3. The van der Waals surface area contributed by atoms with E-state index in [4.69, 9.17) is 4.74 Å². The number of hydrogen-bond donors (Lipinski definition) is 2. The predicted molar refractivity (Wildman–Crippen MR) is 73.7 cm³/mol. The minimum atomic E-state index is -6.46. The lowest BCUT2D eigenvalue weighted by atomic mass is 10.2. The standard InChI is InChI=1S/C12H10BrF7N2O2/c1-2-24-9-3-6(7(13)4-8(9)23)5-21-22-12(19,20)10(14,15)11(16,17)18/h3-5,22-23H,2H2,1H3/b21-5+. The van der Waals surface area contributed by atoms with Gasteiger partial charge in [-0.05, 0) is 35.0 Å². The van der Waals surface area contributed by atoms with Crippen LogP contribution in [0, 0.1) is 0 Å². The lowest BCUT2D eigenvalue weighted by Crippen LogP contribution is -2.58. The first-order valence-electron chi connectivity index (χ1n) is 6.11. The van der Waals surface area contributed by atoms with Crippen LogP contribution in [-0.4, -0.2) is 36.1 Å². The monoisotopic (exact) mass is 426 g/mol. The molecule has 0 radical (unpaired) electrons. The van der Waals surface area contributed by atoms with Gasteiger partial charge >= 0.3 is 18.1 Å². The number of hydrazone groups is 1. The zero-order valence-electron chi connectivity index (χ0n) is 11.8. The van der Waals surface area contributed by atoms with Crippen molar-refractivity contribution in [2.45, 2.75) is 25.1 Å². The Morgan fingerprint density at radius 2 is 1.79 bits per heavy atom. The number of aromatic hydroxyl groups is 1. The third kappa shape index (κ3) is 4.22. The number of rotatable bonds is 6.